The van der Waals surface area contributed by atoms with Crippen LogP contribution in [0.1, 0.15) is 39.9 Å². The summed E-state index contributed by atoms with van der Waals surface area (Å²) >= 11 is 1.66. The Hall–Kier alpha value is -2.17. The zero-order chi connectivity index (χ0) is 17.1. The van der Waals surface area contributed by atoms with Crippen LogP contribution in [0.3, 0.4) is 0 Å². The van der Waals surface area contributed by atoms with Crippen molar-refractivity contribution in [1.82, 2.24) is 10.3 Å². The first-order valence-corrected chi connectivity index (χ1v) is 9.60. The van der Waals surface area contributed by atoms with Crippen molar-refractivity contribution in [3.8, 4) is 5.75 Å². The Morgan fingerprint density at radius 3 is 2.80 bits per heavy atom. The van der Waals surface area contributed by atoms with Crippen LogP contribution in [-0.2, 0) is 19.6 Å². The van der Waals surface area contributed by atoms with Crippen LogP contribution >= 0.6 is 11.3 Å². The number of hydrogen-bond donors (Lipinski definition) is 1. The second-order valence-corrected chi connectivity index (χ2v) is 7.52. The monoisotopic (exact) mass is 350 g/mol. The van der Waals surface area contributed by atoms with Gasteiger partial charge < -0.3 is 10.1 Å². The number of ether oxygens (including phenoxy) is 1. The first kappa shape index (κ1) is 16.3. The van der Waals surface area contributed by atoms with Gasteiger partial charge in [-0.2, -0.15) is 0 Å². The number of aromatic nitrogens is 1. The molecule has 0 spiro atoms. The zero-order valence-electron chi connectivity index (χ0n) is 14.4. The zero-order valence-corrected chi connectivity index (χ0v) is 15.2. The highest BCUT2D eigenvalue weighted by atomic mass is 32.1. The van der Waals surface area contributed by atoms with E-state index in [1.54, 1.807) is 11.3 Å². The number of aryl methyl sites for hydroxylation is 2. The molecule has 1 aliphatic carbocycles. The SMILES string of the molecule is Cc1nc(COc2ccc(CNC3CCc4ccccc43)cc2)cs1. The van der Waals surface area contributed by atoms with E-state index in [2.05, 4.69) is 46.7 Å². The molecule has 3 aromatic rings. The van der Waals surface area contributed by atoms with E-state index in [4.69, 9.17) is 4.74 Å². The number of rotatable bonds is 6. The van der Waals surface area contributed by atoms with Gasteiger partial charge in [-0.05, 0) is 48.6 Å². The van der Waals surface area contributed by atoms with E-state index in [0.29, 0.717) is 12.6 Å². The average Bonchev–Trinajstić information content (AvgIpc) is 3.25. The van der Waals surface area contributed by atoms with Gasteiger partial charge in [0.2, 0.25) is 0 Å². The summed E-state index contributed by atoms with van der Waals surface area (Å²) in [6.07, 6.45) is 2.37. The van der Waals surface area contributed by atoms with E-state index in [9.17, 15) is 0 Å². The third kappa shape index (κ3) is 3.91. The molecular weight excluding hydrogens is 328 g/mol. The molecule has 25 heavy (non-hydrogen) atoms. The van der Waals surface area contributed by atoms with Crippen molar-refractivity contribution in [3.63, 3.8) is 0 Å². The lowest BCUT2D eigenvalue weighted by Gasteiger charge is -2.14. The highest BCUT2D eigenvalue weighted by Gasteiger charge is 2.20. The Kier molecular flexibility index (Phi) is 4.81. The van der Waals surface area contributed by atoms with Gasteiger partial charge in [-0.1, -0.05) is 36.4 Å². The normalized spacial score (nSPS) is 16.0. The number of nitrogens with one attached hydrogen (secondary N) is 1. The molecule has 0 radical (unpaired) electrons. The Bertz CT molecular complexity index is 841. The minimum absolute atomic E-state index is 0.472. The lowest BCUT2D eigenvalue weighted by atomic mass is 10.1. The third-order valence-corrected chi connectivity index (χ3v) is 5.48. The van der Waals surface area contributed by atoms with Gasteiger partial charge in [0.1, 0.15) is 12.4 Å². The molecule has 128 valence electrons. The number of thiazole rings is 1. The summed E-state index contributed by atoms with van der Waals surface area (Å²) in [7, 11) is 0. The maximum Gasteiger partial charge on any atom is 0.131 e. The third-order valence-electron chi connectivity index (χ3n) is 4.66. The van der Waals surface area contributed by atoms with Gasteiger partial charge in [0.15, 0.2) is 0 Å². The van der Waals surface area contributed by atoms with Crippen LogP contribution in [0.5, 0.6) is 5.75 Å². The molecule has 4 heteroatoms. The number of fused-ring (bicyclic) bond motifs is 1. The van der Waals surface area contributed by atoms with Crippen LogP contribution in [0, 0.1) is 6.92 Å². The fraction of sp³-hybridized carbons (Fsp3) is 0.286. The van der Waals surface area contributed by atoms with Crippen LogP contribution in [0.4, 0.5) is 0 Å². The van der Waals surface area contributed by atoms with Crippen LogP contribution in [-0.4, -0.2) is 4.98 Å². The topological polar surface area (TPSA) is 34.1 Å². The number of nitrogens with zero attached hydrogens (tertiary/aromatic N) is 1. The predicted molar refractivity (Wildman–Crippen MR) is 102 cm³/mol. The van der Waals surface area contributed by atoms with Crippen LogP contribution < -0.4 is 10.1 Å². The molecule has 1 N–H and O–H groups in total. The quantitative estimate of drug-likeness (QED) is 0.693. The molecule has 0 fully saturated rings. The molecule has 1 atom stereocenters. The largest absolute Gasteiger partial charge is 0.487 e. The summed E-state index contributed by atoms with van der Waals surface area (Å²) in [5.41, 5.74) is 5.22. The fourth-order valence-corrected chi connectivity index (χ4v) is 3.94. The van der Waals surface area contributed by atoms with Crippen LogP contribution in [0.15, 0.2) is 53.9 Å². The molecule has 0 amide bonds. The molecule has 4 rings (SSSR count). The van der Waals surface area contributed by atoms with Crippen LogP contribution in [0.25, 0.3) is 0 Å². The average molecular weight is 350 g/mol. The highest BCUT2D eigenvalue weighted by Crippen LogP contribution is 2.30. The molecule has 0 saturated heterocycles. The molecule has 3 nitrogen and oxygen atoms in total. The summed E-state index contributed by atoms with van der Waals surface area (Å²) in [5.74, 6) is 0.889. The van der Waals surface area contributed by atoms with Crippen molar-refractivity contribution >= 4 is 11.3 Å². The van der Waals surface area contributed by atoms with Gasteiger partial charge >= 0.3 is 0 Å². The molecule has 2 aromatic carbocycles. The van der Waals surface area contributed by atoms with E-state index >= 15 is 0 Å². The van der Waals surface area contributed by atoms with Crippen molar-refractivity contribution in [2.75, 3.05) is 0 Å². The van der Waals surface area contributed by atoms with E-state index in [1.807, 2.05) is 24.4 Å². The Labute approximate surface area is 152 Å². The van der Waals surface area contributed by atoms with Gasteiger partial charge in [0.05, 0.1) is 10.7 Å². The summed E-state index contributed by atoms with van der Waals surface area (Å²) in [6.45, 7) is 3.42. The Morgan fingerprint density at radius 1 is 1.16 bits per heavy atom. The summed E-state index contributed by atoms with van der Waals surface area (Å²) in [6, 6.07) is 17.6. The van der Waals surface area contributed by atoms with Crippen molar-refractivity contribution in [2.24, 2.45) is 0 Å². The molecule has 1 heterocycles. The second kappa shape index (κ2) is 7.38. The van der Waals surface area contributed by atoms with Crippen molar-refractivity contribution in [3.05, 3.63) is 81.3 Å². The Balaban J connectivity index is 1.30. The lowest BCUT2D eigenvalue weighted by molar-refractivity contribution is 0.302. The smallest absolute Gasteiger partial charge is 0.131 e. The van der Waals surface area contributed by atoms with Gasteiger partial charge in [-0.25, -0.2) is 4.98 Å². The van der Waals surface area contributed by atoms with E-state index in [0.717, 1.165) is 23.0 Å². The van der Waals surface area contributed by atoms with E-state index in [-0.39, 0.29) is 0 Å². The van der Waals surface area contributed by atoms with Gasteiger partial charge in [0.25, 0.3) is 0 Å². The van der Waals surface area contributed by atoms with Crippen LogP contribution in [0.2, 0.25) is 0 Å². The second-order valence-electron chi connectivity index (χ2n) is 6.46. The molecule has 0 aliphatic heterocycles. The maximum absolute atomic E-state index is 5.81. The molecule has 1 aliphatic rings. The van der Waals surface area contributed by atoms with Crippen molar-refractivity contribution in [1.29, 1.82) is 0 Å². The van der Waals surface area contributed by atoms with E-state index in [1.165, 1.54) is 29.5 Å². The summed E-state index contributed by atoms with van der Waals surface area (Å²) in [4.78, 5) is 4.42. The first-order chi connectivity index (χ1) is 12.3. The highest BCUT2D eigenvalue weighted by molar-refractivity contribution is 7.09. The van der Waals surface area contributed by atoms with Gasteiger partial charge in [-0.15, -0.1) is 11.3 Å². The fourth-order valence-electron chi connectivity index (χ4n) is 3.35. The Morgan fingerprint density at radius 2 is 2.00 bits per heavy atom. The standard InChI is InChI=1S/C21H22N2OS/c1-15-23-18(14-25-15)13-24-19-9-6-16(7-10-19)12-22-21-11-8-17-4-2-3-5-20(17)21/h2-7,9-10,14,21-22H,8,11-13H2,1H3. The van der Waals surface area contributed by atoms with Gasteiger partial charge in [0, 0.05) is 18.0 Å². The molecule has 1 aromatic heterocycles. The summed E-state index contributed by atoms with van der Waals surface area (Å²) in [5, 5.41) is 6.81. The minimum Gasteiger partial charge on any atom is -0.487 e. The van der Waals surface area contributed by atoms with Crippen molar-refractivity contribution in [2.45, 2.75) is 39.0 Å². The molecule has 1 unspecified atom stereocenters. The number of hydrogen-bond acceptors (Lipinski definition) is 4. The molecule has 0 bridgehead atoms. The number of benzene rings is 2. The molecular formula is C21H22N2OS. The van der Waals surface area contributed by atoms with Crippen molar-refractivity contribution < 1.29 is 4.74 Å². The minimum atomic E-state index is 0.472. The first-order valence-electron chi connectivity index (χ1n) is 8.72. The van der Waals surface area contributed by atoms with E-state index < -0.39 is 0 Å². The maximum atomic E-state index is 5.81. The van der Waals surface area contributed by atoms with Gasteiger partial charge in [-0.3, -0.25) is 0 Å². The lowest BCUT2D eigenvalue weighted by Crippen LogP contribution is -2.18. The predicted octanol–water partition coefficient (Wildman–Crippen LogP) is 4.81. The summed E-state index contributed by atoms with van der Waals surface area (Å²) < 4.78 is 5.81. The molecule has 0 saturated carbocycles.